The van der Waals surface area contributed by atoms with Gasteiger partial charge in [0.15, 0.2) is 0 Å². The summed E-state index contributed by atoms with van der Waals surface area (Å²) in [5.74, 6) is 0.749. The Hall–Kier alpha value is -0.120. The third-order valence-corrected chi connectivity index (χ3v) is 4.91. The Morgan fingerprint density at radius 2 is 1.71 bits per heavy atom. The van der Waals surface area contributed by atoms with E-state index in [0.717, 1.165) is 19.0 Å². The fourth-order valence-electron chi connectivity index (χ4n) is 3.80. The molecule has 126 valence electrons. The summed E-state index contributed by atoms with van der Waals surface area (Å²) < 4.78 is 0. The molecule has 0 bridgehead atoms. The zero-order valence-corrected chi connectivity index (χ0v) is 15.4. The van der Waals surface area contributed by atoms with E-state index in [9.17, 15) is 0 Å². The first-order valence-electron chi connectivity index (χ1n) is 8.98. The van der Waals surface area contributed by atoms with E-state index in [1.165, 1.54) is 45.3 Å². The number of nitrogens with one attached hydrogen (secondary N) is 1. The lowest BCUT2D eigenvalue weighted by Gasteiger charge is -2.39. The molecule has 0 saturated heterocycles. The molecule has 0 aromatic carbocycles. The van der Waals surface area contributed by atoms with Gasteiger partial charge in [-0.15, -0.1) is 0 Å². The first-order chi connectivity index (χ1) is 9.88. The van der Waals surface area contributed by atoms with Crippen LogP contribution in [0, 0.1) is 11.3 Å². The smallest absolute Gasteiger partial charge is 0.0194 e. The molecule has 3 nitrogen and oxygen atoms in total. The minimum Gasteiger partial charge on any atom is -0.316 e. The molecule has 1 N–H and O–H groups in total. The molecular weight excluding hydrogens is 258 g/mol. The standard InChI is InChI=1S/C18H39N3/c1-7-21(17(4)13-20(5)6)15-18(10-8-9-11-18)14-19-12-16(2)3/h16-17,19H,7-15H2,1-6H3. The van der Waals surface area contributed by atoms with Gasteiger partial charge in [0.2, 0.25) is 0 Å². The van der Waals surface area contributed by atoms with Crippen molar-refractivity contribution in [2.24, 2.45) is 11.3 Å². The summed E-state index contributed by atoms with van der Waals surface area (Å²) in [6, 6.07) is 0.646. The van der Waals surface area contributed by atoms with E-state index in [2.05, 4.69) is 56.9 Å². The van der Waals surface area contributed by atoms with Crippen molar-refractivity contribution in [3.8, 4) is 0 Å². The Morgan fingerprint density at radius 3 is 2.19 bits per heavy atom. The fourth-order valence-corrected chi connectivity index (χ4v) is 3.80. The number of hydrogen-bond acceptors (Lipinski definition) is 3. The van der Waals surface area contributed by atoms with Gasteiger partial charge in [-0.2, -0.15) is 0 Å². The third-order valence-electron chi connectivity index (χ3n) is 4.91. The van der Waals surface area contributed by atoms with E-state index in [-0.39, 0.29) is 0 Å². The van der Waals surface area contributed by atoms with Crippen LogP contribution in [0.25, 0.3) is 0 Å². The Bertz CT molecular complexity index is 270. The van der Waals surface area contributed by atoms with Crippen LogP contribution in [0.4, 0.5) is 0 Å². The molecule has 1 aliphatic carbocycles. The minimum absolute atomic E-state index is 0.519. The highest BCUT2D eigenvalue weighted by Gasteiger charge is 2.35. The SMILES string of the molecule is CCN(CC1(CNCC(C)C)CCCC1)C(C)CN(C)C. The topological polar surface area (TPSA) is 18.5 Å². The van der Waals surface area contributed by atoms with Crippen molar-refractivity contribution >= 4 is 0 Å². The van der Waals surface area contributed by atoms with Crippen molar-refractivity contribution in [3.63, 3.8) is 0 Å². The maximum atomic E-state index is 3.74. The third kappa shape index (κ3) is 6.66. The van der Waals surface area contributed by atoms with Crippen LogP contribution in [-0.4, -0.2) is 62.7 Å². The fraction of sp³-hybridized carbons (Fsp3) is 1.00. The van der Waals surface area contributed by atoms with Crippen LogP contribution in [0.1, 0.15) is 53.4 Å². The van der Waals surface area contributed by atoms with Crippen LogP contribution >= 0.6 is 0 Å². The lowest BCUT2D eigenvalue weighted by Crippen LogP contribution is -2.48. The first-order valence-corrected chi connectivity index (χ1v) is 8.98. The molecule has 0 aliphatic heterocycles. The second-order valence-electron chi connectivity index (χ2n) is 7.91. The summed E-state index contributed by atoms with van der Waals surface area (Å²) in [5.41, 5.74) is 0.519. The van der Waals surface area contributed by atoms with E-state index in [1.807, 2.05) is 0 Å². The highest BCUT2D eigenvalue weighted by Crippen LogP contribution is 2.38. The quantitative estimate of drug-likeness (QED) is 0.668. The molecule has 0 aromatic heterocycles. The van der Waals surface area contributed by atoms with Gasteiger partial charge in [0, 0.05) is 25.7 Å². The van der Waals surface area contributed by atoms with Gasteiger partial charge in [0.1, 0.15) is 0 Å². The molecule has 0 spiro atoms. The summed E-state index contributed by atoms with van der Waals surface area (Å²) in [7, 11) is 4.36. The molecular formula is C18H39N3. The average molecular weight is 298 g/mol. The van der Waals surface area contributed by atoms with Crippen LogP contribution in [0.3, 0.4) is 0 Å². The predicted octanol–water partition coefficient (Wildman–Crippen LogP) is 3.06. The Morgan fingerprint density at radius 1 is 1.10 bits per heavy atom. The maximum absolute atomic E-state index is 3.74. The average Bonchev–Trinajstić information content (AvgIpc) is 2.83. The van der Waals surface area contributed by atoms with Crippen LogP contribution in [0.2, 0.25) is 0 Å². The Labute approximate surface area is 133 Å². The van der Waals surface area contributed by atoms with Crippen molar-refractivity contribution in [2.45, 2.75) is 59.4 Å². The van der Waals surface area contributed by atoms with Gasteiger partial charge in [-0.1, -0.05) is 33.6 Å². The van der Waals surface area contributed by atoms with Gasteiger partial charge in [0.25, 0.3) is 0 Å². The molecule has 1 unspecified atom stereocenters. The van der Waals surface area contributed by atoms with Gasteiger partial charge in [-0.3, -0.25) is 4.90 Å². The molecule has 1 atom stereocenters. The number of rotatable bonds is 10. The van der Waals surface area contributed by atoms with Crippen molar-refractivity contribution in [3.05, 3.63) is 0 Å². The van der Waals surface area contributed by atoms with Crippen molar-refractivity contribution in [1.82, 2.24) is 15.1 Å². The van der Waals surface area contributed by atoms with E-state index < -0.39 is 0 Å². The molecule has 0 heterocycles. The summed E-state index contributed by atoms with van der Waals surface area (Å²) in [6.07, 6.45) is 5.65. The maximum Gasteiger partial charge on any atom is 0.0194 e. The summed E-state index contributed by atoms with van der Waals surface area (Å²) >= 11 is 0. The van der Waals surface area contributed by atoms with E-state index >= 15 is 0 Å². The van der Waals surface area contributed by atoms with Gasteiger partial charge in [-0.25, -0.2) is 0 Å². The van der Waals surface area contributed by atoms with Crippen LogP contribution in [-0.2, 0) is 0 Å². The molecule has 1 rings (SSSR count). The van der Waals surface area contributed by atoms with Gasteiger partial charge >= 0.3 is 0 Å². The second-order valence-corrected chi connectivity index (χ2v) is 7.91. The van der Waals surface area contributed by atoms with Gasteiger partial charge in [-0.05, 0) is 58.3 Å². The molecule has 0 radical (unpaired) electrons. The van der Waals surface area contributed by atoms with Crippen LogP contribution < -0.4 is 5.32 Å². The Kier molecular flexibility index (Phi) is 8.22. The minimum atomic E-state index is 0.519. The monoisotopic (exact) mass is 297 g/mol. The normalized spacial score (nSPS) is 19.9. The van der Waals surface area contributed by atoms with E-state index in [0.29, 0.717) is 11.5 Å². The van der Waals surface area contributed by atoms with Crippen LogP contribution in [0.5, 0.6) is 0 Å². The van der Waals surface area contributed by atoms with E-state index in [4.69, 9.17) is 0 Å². The predicted molar refractivity (Wildman–Crippen MR) is 93.9 cm³/mol. The number of nitrogens with zero attached hydrogens (tertiary/aromatic N) is 2. The molecule has 1 saturated carbocycles. The summed E-state index contributed by atoms with van der Waals surface area (Å²) in [5, 5.41) is 3.74. The molecule has 21 heavy (non-hydrogen) atoms. The van der Waals surface area contributed by atoms with Gasteiger partial charge in [0.05, 0.1) is 0 Å². The molecule has 1 aliphatic rings. The molecule has 0 aromatic rings. The van der Waals surface area contributed by atoms with Crippen molar-refractivity contribution in [1.29, 1.82) is 0 Å². The first kappa shape index (κ1) is 18.9. The second kappa shape index (κ2) is 9.12. The molecule has 1 fully saturated rings. The summed E-state index contributed by atoms with van der Waals surface area (Å²) in [6.45, 7) is 15.2. The lowest BCUT2D eigenvalue weighted by molar-refractivity contribution is 0.105. The number of hydrogen-bond donors (Lipinski definition) is 1. The van der Waals surface area contributed by atoms with Crippen molar-refractivity contribution < 1.29 is 0 Å². The Balaban J connectivity index is 2.58. The number of likely N-dealkylation sites (N-methyl/N-ethyl adjacent to an activating group) is 2. The largest absolute Gasteiger partial charge is 0.316 e. The highest BCUT2D eigenvalue weighted by atomic mass is 15.2. The van der Waals surface area contributed by atoms with Gasteiger partial charge < -0.3 is 10.2 Å². The molecule has 3 heteroatoms. The van der Waals surface area contributed by atoms with Crippen LogP contribution in [0.15, 0.2) is 0 Å². The lowest BCUT2D eigenvalue weighted by atomic mass is 9.84. The van der Waals surface area contributed by atoms with E-state index in [1.54, 1.807) is 0 Å². The van der Waals surface area contributed by atoms with Crippen molar-refractivity contribution in [2.75, 3.05) is 46.8 Å². The molecule has 0 amide bonds. The zero-order valence-electron chi connectivity index (χ0n) is 15.4. The zero-order chi connectivity index (χ0) is 15.9. The summed E-state index contributed by atoms with van der Waals surface area (Å²) in [4.78, 5) is 5.01. The highest BCUT2D eigenvalue weighted by molar-refractivity contribution is 4.90.